The van der Waals surface area contributed by atoms with Gasteiger partial charge >= 0.3 is 5.97 Å². The number of rotatable bonds is 3. The quantitative estimate of drug-likeness (QED) is 0.868. The summed E-state index contributed by atoms with van der Waals surface area (Å²) in [4.78, 5) is 10.6. The van der Waals surface area contributed by atoms with Crippen molar-refractivity contribution in [3.8, 4) is 0 Å². The maximum Gasteiger partial charge on any atom is 0.302 e. The molecule has 1 rings (SSSR count). The van der Waals surface area contributed by atoms with Crippen LogP contribution >= 0.6 is 35.6 Å². The van der Waals surface area contributed by atoms with Crippen LogP contribution in [0.4, 0.5) is 0 Å². The van der Waals surface area contributed by atoms with Gasteiger partial charge in [0.15, 0.2) is 0 Å². The van der Waals surface area contributed by atoms with E-state index in [9.17, 15) is 4.79 Å². The Balaban J connectivity index is 0.00000225. The second-order valence-electron chi connectivity index (χ2n) is 3.08. The first-order chi connectivity index (χ1) is 7.00. The van der Waals surface area contributed by atoms with E-state index in [4.69, 9.17) is 33.7 Å². The van der Waals surface area contributed by atoms with E-state index < -0.39 is 0 Å². The van der Waals surface area contributed by atoms with Crippen LogP contribution in [0.3, 0.4) is 0 Å². The lowest BCUT2D eigenvalue weighted by Crippen LogP contribution is -2.18. The Bertz CT molecular complexity index is 371. The van der Waals surface area contributed by atoms with Crippen molar-refractivity contribution in [3.63, 3.8) is 0 Å². The molecule has 1 aromatic carbocycles. The summed E-state index contributed by atoms with van der Waals surface area (Å²) in [6.45, 7) is 1.47. The van der Waals surface area contributed by atoms with Crippen molar-refractivity contribution in [2.75, 3.05) is 6.61 Å². The minimum Gasteiger partial charge on any atom is -0.464 e. The molecule has 0 aromatic heterocycles. The molecule has 0 fully saturated rings. The Morgan fingerprint density at radius 2 is 2.06 bits per heavy atom. The Morgan fingerprint density at radius 3 is 2.56 bits per heavy atom. The number of benzene rings is 1. The van der Waals surface area contributed by atoms with E-state index in [2.05, 4.69) is 0 Å². The van der Waals surface area contributed by atoms with Crippen LogP contribution < -0.4 is 5.73 Å². The maximum atomic E-state index is 10.6. The number of halogens is 3. The van der Waals surface area contributed by atoms with Gasteiger partial charge in [-0.1, -0.05) is 29.3 Å². The molecule has 3 nitrogen and oxygen atoms in total. The summed E-state index contributed by atoms with van der Waals surface area (Å²) in [7, 11) is 0. The highest BCUT2D eigenvalue weighted by molar-refractivity contribution is 6.42. The summed E-state index contributed by atoms with van der Waals surface area (Å²) in [6.07, 6.45) is 0. The highest BCUT2D eigenvalue weighted by atomic mass is 35.5. The van der Waals surface area contributed by atoms with E-state index in [0.29, 0.717) is 10.0 Å². The molecule has 90 valence electrons. The average molecular weight is 285 g/mol. The zero-order valence-electron chi connectivity index (χ0n) is 8.57. The summed E-state index contributed by atoms with van der Waals surface area (Å²) in [5, 5.41) is 0.910. The Kier molecular flexibility index (Phi) is 6.76. The molecule has 0 amide bonds. The number of esters is 1. The number of carbonyl (C=O) groups excluding carboxylic acids is 1. The van der Waals surface area contributed by atoms with Crippen molar-refractivity contribution in [3.05, 3.63) is 33.8 Å². The first-order valence-corrected chi connectivity index (χ1v) is 5.10. The van der Waals surface area contributed by atoms with E-state index in [1.165, 1.54) is 6.92 Å². The van der Waals surface area contributed by atoms with Gasteiger partial charge in [0, 0.05) is 6.92 Å². The molecule has 0 bridgehead atoms. The number of carbonyl (C=O) groups is 1. The van der Waals surface area contributed by atoms with Crippen LogP contribution in [-0.2, 0) is 9.53 Å². The smallest absolute Gasteiger partial charge is 0.302 e. The SMILES string of the molecule is CC(=O)OCC(N)c1ccc(Cl)c(Cl)c1.Cl. The maximum absolute atomic E-state index is 10.6. The fraction of sp³-hybridized carbons (Fsp3) is 0.300. The second-order valence-corrected chi connectivity index (χ2v) is 3.90. The second kappa shape index (κ2) is 6.97. The van der Waals surface area contributed by atoms with Gasteiger partial charge in [-0.15, -0.1) is 12.4 Å². The molecule has 2 N–H and O–H groups in total. The lowest BCUT2D eigenvalue weighted by Gasteiger charge is -2.12. The molecule has 0 aliphatic carbocycles. The lowest BCUT2D eigenvalue weighted by molar-refractivity contribution is -0.141. The van der Waals surface area contributed by atoms with Gasteiger partial charge in [0.2, 0.25) is 0 Å². The van der Waals surface area contributed by atoms with E-state index in [1.807, 2.05) is 0 Å². The molecule has 0 radical (unpaired) electrons. The third-order valence-electron chi connectivity index (χ3n) is 1.84. The summed E-state index contributed by atoms with van der Waals surface area (Å²) in [5.74, 6) is -0.356. The normalized spacial score (nSPS) is 11.5. The minimum absolute atomic E-state index is 0. The Hall–Kier alpha value is -0.480. The number of nitrogens with two attached hydrogens (primary N) is 1. The zero-order chi connectivity index (χ0) is 11.4. The Morgan fingerprint density at radius 1 is 1.44 bits per heavy atom. The van der Waals surface area contributed by atoms with Gasteiger partial charge in [-0.2, -0.15) is 0 Å². The highest BCUT2D eigenvalue weighted by Gasteiger charge is 2.09. The van der Waals surface area contributed by atoms with Crippen LogP contribution in [0.5, 0.6) is 0 Å². The first-order valence-electron chi connectivity index (χ1n) is 4.34. The topological polar surface area (TPSA) is 52.3 Å². The third-order valence-corrected chi connectivity index (χ3v) is 2.58. The van der Waals surface area contributed by atoms with E-state index in [-0.39, 0.29) is 31.0 Å². The molecule has 1 atom stereocenters. The molecule has 0 saturated carbocycles. The summed E-state index contributed by atoms with van der Waals surface area (Å²) in [6, 6.07) is 4.69. The van der Waals surface area contributed by atoms with Crippen molar-refractivity contribution < 1.29 is 9.53 Å². The van der Waals surface area contributed by atoms with Crippen molar-refractivity contribution in [2.24, 2.45) is 5.73 Å². The van der Waals surface area contributed by atoms with Crippen LogP contribution in [0.15, 0.2) is 18.2 Å². The van der Waals surface area contributed by atoms with Gasteiger partial charge in [0.1, 0.15) is 6.61 Å². The summed E-state index contributed by atoms with van der Waals surface area (Å²) >= 11 is 11.6. The largest absolute Gasteiger partial charge is 0.464 e. The summed E-state index contributed by atoms with van der Waals surface area (Å²) in [5.41, 5.74) is 6.57. The molecule has 0 saturated heterocycles. The fourth-order valence-electron chi connectivity index (χ4n) is 1.05. The van der Waals surface area contributed by atoms with Gasteiger partial charge in [-0.05, 0) is 17.7 Å². The monoisotopic (exact) mass is 283 g/mol. The first kappa shape index (κ1) is 15.5. The van der Waals surface area contributed by atoms with Gasteiger partial charge < -0.3 is 10.5 Å². The van der Waals surface area contributed by atoms with Gasteiger partial charge in [-0.25, -0.2) is 0 Å². The zero-order valence-corrected chi connectivity index (χ0v) is 10.9. The molecule has 0 heterocycles. The van der Waals surface area contributed by atoms with Crippen LogP contribution in [0.25, 0.3) is 0 Å². The van der Waals surface area contributed by atoms with Crippen molar-refractivity contribution in [2.45, 2.75) is 13.0 Å². The van der Waals surface area contributed by atoms with Crippen LogP contribution in [-0.4, -0.2) is 12.6 Å². The van der Waals surface area contributed by atoms with Crippen molar-refractivity contribution in [1.29, 1.82) is 0 Å². The minimum atomic E-state index is -0.385. The van der Waals surface area contributed by atoms with Crippen LogP contribution in [0.2, 0.25) is 10.0 Å². The molecule has 0 spiro atoms. The average Bonchev–Trinajstić information content (AvgIpc) is 2.18. The Labute approximate surface area is 110 Å². The predicted octanol–water partition coefficient (Wildman–Crippen LogP) is 2.98. The lowest BCUT2D eigenvalue weighted by atomic mass is 10.1. The fourth-order valence-corrected chi connectivity index (χ4v) is 1.35. The van der Waals surface area contributed by atoms with Gasteiger partial charge in [0.25, 0.3) is 0 Å². The molecule has 16 heavy (non-hydrogen) atoms. The molecule has 1 unspecified atom stereocenters. The third kappa shape index (κ3) is 4.58. The van der Waals surface area contributed by atoms with Crippen LogP contribution in [0, 0.1) is 0 Å². The van der Waals surface area contributed by atoms with Crippen molar-refractivity contribution >= 4 is 41.6 Å². The molecule has 0 aliphatic heterocycles. The number of ether oxygens (including phenoxy) is 1. The van der Waals surface area contributed by atoms with E-state index in [1.54, 1.807) is 18.2 Å². The van der Waals surface area contributed by atoms with Gasteiger partial charge in [0.05, 0.1) is 16.1 Å². The van der Waals surface area contributed by atoms with Crippen molar-refractivity contribution in [1.82, 2.24) is 0 Å². The van der Waals surface area contributed by atoms with Gasteiger partial charge in [-0.3, -0.25) is 4.79 Å². The number of hydrogen-bond acceptors (Lipinski definition) is 3. The van der Waals surface area contributed by atoms with E-state index in [0.717, 1.165) is 5.56 Å². The molecule has 1 aromatic rings. The molecule has 0 aliphatic rings. The molecular weight excluding hydrogens is 272 g/mol. The van der Waals surface area contributed by atoms with Crippen LogP contribution in [0.1, 0.15) is 18.5 Å². The number of hydrogen-bond donors (Lipinski definition) is 1. The predicted molar refractivity (Wildman–Crippen MR) is 67.3 cm³/mol. The summed E-state index contributed by atoms with van der Waals surface area (Å²) < 4.78 is 4.79. The molecular formula is C10H12Cl3NO2. The van der Waals surface area contributed by atoms with E-state index >= 15 is 0 Å². The molecule has 6 heteroatoms. The highest BCUT2D eigenvalue weighted by Crippen LogP contribution is 2.24. The standard InChI is InChI=1S/C10H11Cl2NO2.ClH/c1-6(14)15-5-10(13)7-2-3-8(11)9(12)4-7;/h2-4,10H,5,13H2,1H3;1H.